The van der Waals surface area contributed by atoms with E-state index in [0.717, 1.165) is 6.26 Å². The highest BCUT2D eigenvalue weighted by molar-refractivity contribution is 7.90. The molecule has 2 rings (SSSR count). The molecule has 0 atom stereocenters. The van der Waals surface area contributed by atoms with Crippen molar-refractivity contribution in [2.45, 2.75) is 16.2 Å². The summed E-state index contributed by atoms with van der Waals surface area (Å²) < 4.78 is 62.8. The molecule has 0 radical (unpaired) electrons. The molecule has 8 heteroatoms. The minimum Gasteiger partial charge on any atom is -0.224 e. The van der Waals surface area contributed by atoms with Crippen molar-refractivity contribution < 1.29 is 21.2 Å². The number of rotatable bonds is 6. The summed E-state index contributed by atoms with van der Waals surface area (Å²) in [6.45, 7) is 0.0388. The second-order valence-corrected chi connectivity index (χ2v) is 8.77. The van der Waals surface area contributed by atoms with E-state index in [1.807, 2.05) is 0 Å². The van der Waals surface area contributed by atoms with Crippen molar-refractivity contribution in [3.05, 3.63) is 59.9 Å². The molecule has 0 aliphatic rings. The van der Waals surface area contributed by atoms with E-state index >= 15 is 0 Å². The number of hydrogen-bond acceptors (Lipinski definition) is 4. The molecule has 0 unspecified atom stereocenters. The van der Waals surface area contributed by atoms with Gasteiger partial charge in [-0.25, -0.2) is 25.9 Å². The van der Waals surface area contributed by atoms with Crippen LogP contribution in [0, 0.1) is 5.82 Å². The van der Waals surface area contributed by atoms with Crippen LogP contribution in [0.1, 0.15) is 5.56 Å². The van der Waals surface area contributed by atoms with Gasteiger partial charge < -0.3 is 0 Å². The summed E-state index contributed by atoms with van der Waals surface area (Å²) in [4.78, 5) is 0.00115. The lowest BCUT2D eigenvalue weighted by Gasteiger charge is -2.08. The van der Waals surface area contributed by atoms with Gasteiger partial charge in [-0.05, 0) is 42.3 Å². The van der Waals surface area contributed by atoms with Gasteiger partial charge in [0.05, 0.1) is 9.79 Å². The topological polar surface area (TPSA) is 80.3 Å². The SMILES string of the molecule is CS(=O)(=O)c1ccc(S(=O)(=O)NCCc2ccccc2F)cc1. The molecule has 0 spiro atoms. The summed E-state index contributed by atoms with van der Waals surface area (Å²) in [6, 6.07) is 11.1. The first kappa shape index (κ1) is 17.6. The number of sulfonamides is 1. The highest BCUT2D eigenvalue weighted by Gasteiger charge is 2.15. The summed E-state index contributed by atoms with van der Waals surface area (Å²) >= 11 is 0. The normalized spacial score (nSPS) is 12.3. The molecule has 0 heterocycles. The van der Waals surface area contributed by atoms with Gasteiger partial charge in [-0.15, -0.1) is 0 Å². The maximum atomic E-state index is 13.5. The van der Waals surface area contributed by atoms with Crippen LogP contribution in [0.4, 0.5) is 4.39 Å². The van der Waals surface area contributed by atoms with E-state index < -0.39 is 19.9 Å². The van der Waals surface area contributed by atoms with Crippen molar-refractivity contribution >= 4 is 19.9 Å². The van der Waals surface area contributed by atoms with Gasteiger partial charge in [0.25, 0.3) is 0 Å². The Kier molecular flexibility index (Phi) is 5.18. The Balaban J connectivity index is 2.06. The molecule has 0 amide bonds. The summed E-state index contributed by atoms with van der Waals surface area (Å²) in [5, 5.41) is 0. The molecule has 0 aliphatic heterocycles. The van der Waals surface area contributed by atoms with Crippen molar-refractivity contribution in [1.29, 1.82) is 0 Å². The second kappa shape index (κ2) is 6.77. The van der Waals surface area contributed by atoms with Crippen molar-refractivity contribution in [3.63, 3.8) is 0 Å². The minimum absolute atomic E-state index is 0.0388. The quantitative estimate of drug-likeness (QED) is 0.854. The van der Waals surface area contributed by atoms with Crippen molar-refractivity contribution in [3.8, 4) is 0 Å². The predicted octanol–water partition coefficient (Wildman–Crippen LogP) is 1.75. The second-order valence-electron chi connectivity index (χ2n) is 4.98. The number of halogens is 1. The zero-order chi connectivity index (χ0) is 17.1. The van der Waals surface area contributed by atoms with E-state index in [1.165, 1.54) is 30.3 Å². The van der Waals surface area contributed by atoms with E-state index in [-0.39, 0.29) is 28.6 Å². The molecule has 1 N–H and O–H groups in total. The number of nitrogens with one attached hydrogen (secondary N) is 1. The van der Waals surface area contributed by atoms with E-state index in [4.69, 9.17) is 0 Å². The Hall–Kier alpha value is -1.77. The summed E-state index contributed by atoms with van der Waals surface area (Å²) in [5.74, 6) is -0.385. The third-order valence-corrected chi connectivity index (χ3v) is 5.81. The zero-order valence-corrected chi connectivity index (χ0v) is 14.0. The first-order valence-electron chi connectivity index (χ1n) is 6.73. The molecule has 0 aliphatic carbocycles. The lowest BCUT2D eigenvalue weighted by atomic mass is 10.1. The minimum atomic E-state index is -3.77. The van der Waals surface area contributed by atoms with Gasteiger partial charge in [0, 0.05) is 12.8 Å². The molecule has 5 nitrogen and oxygen atoms in total. The number of sulfone groups is 1. The predicted molar refractivity (Wildman–Crippen MR) is 84.8 cm³/mol. The van der Waals surface area contributed by atoms with Crippen molar-refractivity contribution in [2.75, 3.05) is 12.8 Å². The summed E-state index contributed by atoms with van der Waals surface area (Å²) in [5.41, 5.74) is 0.419. The van der Waals surface area contributed by atoms with E-state index in [1.54, 1.807) is 18.2 Å². The van der Waals surface area contributed by atoms with Crippen molar-refractivity contribution in [2.24, 2.45) is 0 Å². The molecule has 0 saturated heterocycles. The molecular weight excluding hydrogens is 341 g/mol. The van der Waals surface area contributed by atoms with Crippen LogP contribution in [-0.4, -0.2) is 29.6 Å². The maximum absolute atomic E-state index is 13.5. The van der Waals surface area contributed by atoms with Crippen LogP contribution in [0.3, 0.4) is 0 Å². The van der Waals surface area contributed by atoms with Gasteiger partial charge in [0.15, 0.2) is 9.84 Å². The number of benzene rings is 2. The van der Waals surface area contributed by atoms with E-state index in [0.29, 0.717) is 5.56 Å². The number of hydrogen-bond donors (Lipinski definition) is 1. The van der Waals surface area contributed by atoms with Crippen LogP contribution < -0.4 is 4.72 Å². The Morgan fingerprint density at radius 1 is 0.913 bits per heavy atom. The van der Waals surface area contributed by atoms with Gasteiger partial charge in [0.1, 0.15) is 5.82 Å². The van der Waals surface area contributed by atoms with Crippen LogP contribution in [0.25, 0.3) is 0 Å². The monoisotopic (exact) mass is 357 g/mol. The average molecular weight is 357 g/mol. The van der Waals surface area contributed by atoms with Crippen LogP contribution in [-0.2, 0) is 26.3 Å². The van der Waals surface area contributed by atoms with Crippen molar-refractivity contribution in [1.82, 2.24) is 4.72 Å². The standard InChI is InChI=1S/C15H16FNO4S2/c1-22(18,19)13-6-8-14(9-7-13)23(20,21)17-11-10-12-4-2-3-5-15(12)16/h2-9,17H,10-11H2,1H3. The summed E-state index contributed by atoms with van der Waals surface area (Å²) in [7, 11) is -7.15. The first-order chi connectivity index (χ1) is 10.7. The van der Waals surface area contributed by atoms with Gasteiger partial charge in [-0.3, -0.25) is 0 Å². The molecule has 0 bridgehead atoms. The smallest absolute Gasteiger partial charge is 0.224 e. The molecule has 0 saturated carbocycles. The van der Waals surface area contributed by atoms with Gasteiger partial charge in [0.2, 0.25) is 10.0 Å². The zero-order valence-electron chi connectivity index (χ0n) is 12.4. The van der Waals surface area contributed by atoms with Gasteiger partial charge >= 0.3 is 0 Å². The third kappa shape index (κ3) is 4.60. The Labute approximate surface area is 135 Å². The molecule has 0 aromatic heterocycles. The highest BCUT2D eigenvalue weighted by atomic mass is 32.2. The third-order valence-electron chi connectivity index (χ3n) is 3.21. The fourth-order valence-electron chi connectivity index (χ4n) is 1.97. The van der Waals surface area contributed by atoms with Gasteiger partial charge in [-0.2, -0.15) is 0 Å². The highest BCUT2D eigenvalue weighted by Crippen LogP contribution is 2.14. The van der Waals surface area contributed by atoms with Crippen LogP contribution in [0.15, 0.2) is 58.3 Å². The Morgan fingerprint density at radius 2 is 1.48 bits per heavy atom. The van der Waals surface area contributed by atoms with E-state index in [2.05, 4.69) is 4.72 Å². The maximum Gasteiger partial charge on any atom is 0.240 e. The Bertz CT molecular complexity index is 891. The summed E-state index contributed by atoms with van der Waals surface area (Å²) in [6.07, 6.45) is 1.26. The molecule has 0 fully saturated rings. The average Bonchev–Trinajstić information content (AvgIpc) is 2.48. The van der Waals surface area contributed by atoms with E-state index in [9.17, 15) is 21.2 Å². The Morgan fingerprint density at radius 3 is 2.04 bits per heavy atom. The van der Waals surface area contributed by atoms with Crippen LogP contribution in [0.2, 0.25) is 0 Å². The molecule has 23 heavy (non-hydrogen) atoms. The molecule has 2 aromatic carbocycles. The van der Waals surface area contributed by atoms with Gasteiger partial charge in [-0.1, -0.05) is 18.2 Å². The molecule has 2 aromatic rings. The molecule has 124 valence electrons. The first-order valence-corrected chi connectivity index (χ1v) is 10.1. The van der Waals surface area contributed by atoms with Crippen LogP contribution in [0.5, 0.6) is 0 Å². The fourth-order valence-corrected chi connectivity index (χ4v) is 3.63. The van der Waals surface area contributed by atoms with Crippen LogP contribution >= 0.6 is 0 Å². The fraction of sp³-hybridized carbons (Fsp3) is 0.200. The molecular formula is C15H16FNO4S2. The lowest BCUT2D eigenvalue weighted by molar-refractivity contribution is 0.577. The largest absolute Gasteiger partial charge is 0.240 e. The lowest BCUT2D eigenvalue weighted by Crippen LogP contribution is -2.26.